The van der Waals surface area contributed by atoms with Crippen molar-refractivity contribution >= 4 is 21.6 Å². The number of methoxy groups -OCH3 is 1. The van der Waals surface area contributed by atoms with Crippen molar-refractivity contribution in [3.63, 3.8) is 0 Å². The minimum atomic E-state index is -0.246. The van der Waals surface area contributed by atoms with Crippen molar-refractivity contribution in [2.24, 2.45) is 0 Å². The summed E-state index contributed by atoms with van der Waals surface area (Å²) in [5.74, 6) is 1.15. The van der Waals surface area contributed by atoms with Crippen LogP contribution in [0.1, 0.15) is 12.5 Å². The standard InChI is InChI=1S/C16H17BrFNO2/c1-3-21-16-9-14(17)11(8-15(16)20-2)10-19-13-6-4-12(18)5-7-13/h4-9,19H,3,10H2,1-2H3. The van der Waals surface area contributed by atoms with Crippen LogP contribution in [0.25, 0.3) is 0 Å². The Morgan fingerprint density at radius 1 is 1.14 bits per heavy atom. The zero-order valence-corrected chi connectivity index (χ0v) is 13.5. The van der Waals surface area contributed by atoms with Crippen molar-refractivity contribution in [3.05, 3.63) is 52.3 Å². The molecule has 2 rings (SSSR count). The van der Waals surface area contributed by atoms with Crippen molar-refractivity contribution < 1.29 is 13.9 Å². The highest BCUT2D eigenvalue weighted by Gasteiger charge is 2.10. The third-order valence-electron chi connectivity index (χ3n) is 2.96. The van der Waals surface area contributed by atoms with Gasteiger partial charge in [0, 0.05) is 16.7 Å². The lowest BCUT2D eigenvalue weighted by Crippen LogP contribution is -2.02. The summed E-state index contributed by atoms with van der Waals surface area (Å²) < 4.78 is 24.7. The molecule has 0 bridgehead atoms. The number of halogens is 2. The zero-order valence-electron chi connectivity index (χ0n) is 12.0. The Hall–Kier alpha value is -1.75. The second kappa shape index (κ2) is 7.31. The predicted molar refractivity (Wildman–Crippen MR) is 85.6 cm³/mol. The summed E-state index contributed by atoms with van der Waals surface area (Å²) in [5.41, 5.74) is 1.88. The molecule has 112 valence electrons. The number of hydrogen-bond donors (Lipinski definition) is 1. The Labute approximate surface area is 132 Å². The van der Waals surface area contributed by atoms with E-state index in [2.05, 4.69) is 21.2 Å². The average molecular weight is 354 g/mol. The van der Waals surface area contributed by atoms with Gasteiger partial charge < -0.3 is 14.8 Å². The number of rotatable bonds is 6. The smallest absolute Gasteiger partial charge is 0.162 e. The number of nitrogens with one attached hydrogen (secondary N) is 1. The molecule has 2 aromatic carbocycles. The van der Waals surface area contributed by atoms with Gasteiger partial charge in [0.2, 0.25) is 0 Å². The molecule has 0 spiro atoms. The number of anilines is 1. The van der Waals surface area contributed by atoms with E-state index in [1.807, 2.05) is 19.1 Å². The highest BCUT2D eigenvalue weighted by molar-refractivity contribution is 9.10. The Morgan fingerprint density at radius 2 is 1.86 bits per heavy atom. The Balaban J connectivity index is 2.14. The van der Waals surface area contributed by atoms with E-state index in [0.717, 1.165) is 15.7 Å². The van der Waals surface area contributed by atoms with E-state index in [1.54, 1.807) is 19.2 Å². The lowest BCUT2D eigenvalue weighted by atomic mass is 10.2. The van der Waals surface area contributed by atoms with Crippen molar-refractivity contribution in [2.75, 3.05) is 19.0 Å². The molecular weight excluding hydrogens is 337 g/mol. The molecule has 0 saturated carbocycles. The van der Waals surface area contributed by atoms with E-state index in [1.165, 1.54) is 12.1 Å². The molecule has 5 heteroatoms. The van der Waals surface area contributed by atoms with E-state index in [-0.39, 0.29) is 5.82 Å². The number of ether oxygens (including phenoxy) is 2. The van der Waals surface area contributed by atoms with E-state index in [0.29, 0.717) is 24.7 Å². The van der Waals surface area contributed by atoms with Crippen molar-refractivity contribution in [2.45, 2.75) is 13.5 Å². The van der Waals surface area contributed by atoms with Gasteiger partial charge in [0.15, 0.2) is 11.5 Å². The molecular formula is C16H17BrFNO2. The molecule has 0 unspecified atom stereocenters. The van der Waals surface area contributed by atoms with Gasteiger partial charge in [-0.3, -0.25) is 0 Å². The first-order chi connectivity index (χ1) is 10.1. The van der Waals surface area contributed by atoms with Gasteiger partial charge in [0.05, 0.1) is 13.7 Å². The third-order valence-corrected chi connectivity index (χ3v) is 3.70. The molecule has 0 radical (unpaired) electrons. The number of benzene rings is 2. The van der Waals surface area contributed by atoms with Crippen LogP contribution in [0.3, 0.4) is 0 Å². The average Bonchev–Trinajstić information content (AvgIpc) is 2.48. The summed E-state index contributed by atoms with van der Waals surface area (Å²) in [4.78, 5) is 0. The molecule has 0 heterocycles. The van der Waals surface area contributed by atoms with E-state index < -0.39 is 0 Å². The zero-order chi connectivity index (χ0) is 15.2. The van der Waals surface area contributed by atoms with Crippen LogP contribution < -0.4 is 14.8 Å². The summed E-state index contributed by atoms with van der Waals surface area (Å²) in [6.07, 6.45) is 0. The predicted octanol–water partition coefficient (Wildman–Crippen LogP) is 4.61. The molecule has 3 nitrogen and oxygen atoms in total. The maximum absolute atomic E-state index is 12.9. The van der Waals surface area contributed by atoms with Gasteiger partial charge in [-0.05, 0) is 48.9 Å². The maximum Gasteiger partial charge on any atom is 0.162 e. The molecule has 0 atom stereocenters. The molecule has 0 fully saturated rings. The summed E-state index contributed by atoms with van der Waals surface area (Å²) in [5, 5.41) is 3.24. The van der Waals surface area contributed by atoms with Gasteiger partial charge >= 0.3 is 0 Å². The summed E-state index contributed by atoms with van der Waals surface area (Å²) in [6, 6.07) is 10.1. The van der Waals surface area contributed by atoms with Gasteiger partial charge in [-0.1, -0.05) is 15.9 Å². The minimum absolute atomic E-state index is 0.246. The van der Waals surface area contributed by atoms with Crippen LogP contribution in [-0.4, -0.2) is 13.7 Å². The third kappa shape index (κ3) is 4.11. The second-order valence-corrected chi connectivity index (χ2v) is 5.24. The quantitative estimate of drug-likeness (QED) is 0.822. The number of hydrogen-bond acceptors (Lipinski definition) is 3. The van der Waals surface area contributed by atoms with E-state index >= 15 is 0 Å². The SMILES string of the molecule is CCOc1cc(Br)c(CNc2ccc(F)cc2)cc1OC. The van der Waals surface area contributed by atoms with Crippen LogP contribution in [0.15, 0.2) is 40.9 Å². The molecule has 21 heavy (non-hydrogen) atoms. The topological polar surface area (TPSA) is 30.5 Å². The van der Waals surface area contributed by atoms with Crippen molar-refractivity contribution in [3.8, 4) is 11.5 Å². The fraction of sp³-hybridized carbons (Fsp3) is 0.250. The van der Waals surface area contributed by atoms with Gasteiger partial charge in [0.1, 0.15) is 5.82 Å². The molecule has 2 aromatic rings. The minimum Gasteiger partial charge on any atom is -0.493 e. The fourth-order valence-electron chi connectivity index (χ4n) is 1.91. The highest BCUT2D eigenvalue weighted by atomic mass is 79.9. The van der Waals surface area contributed by atoms with Crippen molar-refractivity contribution in [1.82, 2.24) is 0 Å². The molecule has 0 amide bonds. The summed E-state index contributed by atoms with van der Waals surface area (Å²) in [6.45, 7) is 3.10. The monoisotopic (exact) mass is 353 g/mol. The van der Waals surface area contributed by atoms with Crippen LogP contribution in [0.5, 0.6) is 11.5 Å². The normalized spacial score (nSPS) is 10.3. The Morgan fingerprint density at radius 3 is 2.48 bits per heavy atom. The molecule has 0 aliphatic rings. The fourth-order valence-corrected chi connectivity index (χ4v) is 2.37. The van der Waals surface area contributed by atoms with E-state index in [9.17, 15) is 4.39 Å². The van der Waals surface area contributed by atoms with Crippen LogP contribution >= 0.6 is 15.9 Å². The molecule has 0 aromatic heterocycles. The molecule has 1 N–H and O–H groups in total. The largest absolute Gasteiger partial charge is 0.493 e. The molecule has 0 aliphatic heterocycles. The first kappa shape index (κ1) is 15.6. The van der Waals surface area contributed by atoms with Crippen molar-refractivity contribution in [1.29, 1.82) is 0 Å². The van der Waals surface area contributed by atoms with Gasteiger partial charge in [-0.25, -0.2) is 4.39 Å². The van der Waals surface area contributed by atoms with Crippen LogP contribution in [0.4, 0.5) is 10.1 Å². The first-order valence-electron chi connectivity index (χ1n) is 6.62. The highest BCUT2D eigenvalue weighted by Crippen LogP contribution is 2.33. The Bertz CT molecular complexity index is 602. The van der Waals surface area contributed by atoms with Crippen LogP contribution in [0.2, 0.25) is 0 Å². The van der Waals surface area contributed by atoms with Gasteiger partial charge in [0.25, 0.3) is 0 Å². The summed E-state index contributed by atoms with van der Waals surface area (Å²) >= 11 is 3.53. The molecule has 0 aliphatic carbocycles. The van der Waals surface area contributed by atoms with Gasteiger partial charge in [-0.15, -0.1) is 0 Å². The van der Waals surface area contributed by atoms with Crippen LogP contribution in [0, 0.1) is 5.82 Å². The van der Waals surface area contributed by atoms with E-state index in [4.69, 9.17) is 9.47 Å². The summed E-state index contributed by atoms with van der Waals surface area (Å²) in [7, 11) is 1.61. The Kier molecular flexibility index (Phi) is 5.44. The second-order valence-electron chi connectivity index (χ2n) is 4.39. The van der Waals surface area contributed by atoms with Crippen LogP contribution in [-0.2, 0) is 6.54 Å². The lowest BCUT2D eigenvalue weighted by molar-refractivity contribution is 0.310. The lowest BCUT2D eigenvalue weighted by Gasteiger charge is -2.14. The maximum atomic E-state index is 12.9. The molecule has 0 saturated heterocycles. The first-order valence-corrected chi connectivity index (χ1v) is 7.42. The van der Waals surface area contributed by atoms with Gasteiger partial charge in [-0.2, -0.15) is 0 Å².